The fourth-order valence-electron chi connectivity index (χ4n) is 1.60. The number of nitrogens with one attached hydrogen (secondary N) is 1. The van der Waals surface area contributed by atoms with Crippen molar-refractivity contribution in [2.24, 2.45) is 11.1 Å². The number of aryl methyl sites for hydroxylation is 1. The van der Waals surface area contributed by atoms with E-state index in [9.17, 15) is 4.79 Å². The molecule has 0 atom stereocenters. The molecule has 1 amide bonds. The predicted octanol–water partition coefficient (Wildman–Crippen LogP) is 0.894. The standard InChI is InChI=1S/C13H18N6O/c1-9-4-5-10(16-12(20)13(2,3)7-14)6-11(9)19-8-15-17-18-19/h4-6,8H,7,14H2,1-3H3,(H,16,20). The summed E-state index contributed by atoms with van der Waals surface area (Å²) in [4.78, 5) is 12.1. The van der Waals surface area contributed by atoms with Gasteiger partial charge < -0.3 is 11.1 Å². The minimum Gasteiger partial charge on any atom is -0.329 e. The summed E-state index contributed by atoms with van der Waals surface area (Å²) in [6.45, 7) is 5.84. The van der Waals surface area contributed by atoms with Gasteiger partial charge in [-0.15, -0.1) is 5.10 Å². The molecule has 0 spiro atoms. The summed E-state index contributed by atoms with van der Waals surface area (Å²) in [5.74, 6) is -0.119. The predicted molar refractivity (Wildman–Crippen MR) is 75.4 cm³/mol. The number of anilines is 1. The molecule has 0 aliphatic rings. The van der Waals surface area contributed by atoms with E-state index < -0.39 is 5.41 Å². The van der Waals surface area contributed by atoms with Crippen LogP contribution in [0.25, 0.3) is 5.69 Å². The van der Waals surface area contributed by atoms with Crippen LogP contribution in [0.1, 0.15) is 19.4 Å². The number of aromatic nitrogens is 4. The number of hydrogen-bond acceptors (Lipinski definition) is 5. The van der Waals surface area contributed by atoms with Crippen molar-refractivity contribution in [2.75, 3.05) is 11.9 Å². The summed E-state index contributed by atoms with van der Waals surface area (Å²) in [7, 11) is 0. The molecule has 20 heavy (non-hydrogen) atoms. The molecule has 7 nitrogen and oxygen atoms in total. The van der Waals surface area contributed by atoms with E-state index >= 15 is 0 Å². The van der Waals surface area contributed by atoms with E-state index in [2.05, 4.69) is 20.8 Å². The lowest BCUT2D eigenvalue weighted by Gasteiger charge is -2.21. The molecule has 0 unspecified atom stereocenters. The summed E-state index contributed by atoms with van der Waals surface area (Å²) in [6.07, 6.45) is 1.51. The first kappa shape index (κ1) is 14.1. The SMILES string of the molecule is Cc1ccc(NC(=O)C(C)(C)CN)cc1-n1cnnn1. The Morgan fingerprint density at radius 2 is 2.20 bits per heavy atom. The normalized spacial score (nSPS) is 11.4. The summed E-state index contributed by atoms with van der Waals surface area (Å²) >= 11 is 0. The van der Waals surface area contributed by atoms with Gasteiger partial charge in [0.15, 0.2) is 0 Å². The van der Waals surface area contributed by atoms with Gasteiger partial charge >= 0.3 is 0 Å². The maximum absolute atomic E-state index is 12.1. The number of nitrogens with zero attached hydrogens (tertiary/aromatic N) is 4. The van der Waals surface area contributed by atoms with Crippen molar-refractivity contribution in [3.63, 3.8) is 0 Å². The van der Waals surface area contributed by atoms with E-state index in [4.69, 9.17) is 5.73 Å². The highest BCUT2D eigenvalue weighted by atomic mass is 16.2. The van der Waals surface area contributed by atoms with Crippen LogP contribution >= 0.6 is 0 Å². The largest absolute Gasteiger partial charge is 0.329 e. The zero-order valence-electron chi connectivity index (χ0n) is 11.8. The molecule has 3 N–H and O–H groups in total. The second-order valence-corrected chi connectivity index (χ2v) is 5.30. The molecule has 0 radical (unpaired) electrons. The van der Waals surface area contributed by atoms with Crippen LogP contribution in [0.5, 0.6) is 0 Å². The minimum absolute atomic E-state index is 0.119. The first-order valence-electron chi connectivity index (χ1n) is 6.29. The minimum atomic E-state index is -0.611. The molecule has 7 heteroatoms. The van der Waals surface area contributed by atoms with Gasteiger partial charge in [0.2, 0.25) is 5.91 Å². The highest BCUT2D eigenvalue weighted by Gasteiger charge is 2.25. The Hall–Kier alpha value is -2.28. The second-order valence-electron chi connectivity index (χ2n) is 5.30. The van der Waals surface area contributed by atoms with Gasteiger partial charge in [0.05, 0.1) is 11.1 Å². The molecule has 0 fully saturated rings. The zero-order valence-corrected chi connectivity index (χ0v) is 11.8. The monoisotopic (exact) mass is 274 g/mol. The molecule has 1 aromatic heterocycles. The third kappa shape index (κ3) is 2.83. The van der Waals surface area contributed by atoms with Gasteiger partial charge in [0.25, 0.3) is 0 Å². The summed E-state index contributed by atoms with van der Waals surface area (Å²) in [6, 6.07) is 5.58. The maximum atomic E-state index is 12.1. The Bertz CT molecular complexity index is 605. The zero-order chi connectivity index (χ0) is 14.8. The highest BCUT2D eigenvalue weighted by molar-refractivity contribution is 5.95. The Kier molecular flexibility index (Phi) is 3.80. The van der Waals surface area contributed by atoms with Crippen LogP contribution in [0, 0.1) is 12.3 Å². The molecule has 1 heterocycles. The maximum Gasteiger partial charge on any atom is 0.231 e. The third-order valence-corrected chi connectivity index (χ3v) is 3.19. The van der Waals surface area contributed by atoms with Crippen molar-refractivity contribution < 1.29 is 4.79 Å². The van der Waals surface area contributed by atoms with Crippen LogP contribution in [0.4, 0.5) is 5.69 Å². The van der Waals surface area contributed by atoms with Crippen molar-refractivity contribution >= 4 is 11.6 Å². The number of tetrazole rings is 1. The van der Waals surface area contributed by atoms with E-state index in [0.717, 1.165) is 11.3 Å². The van der Waals surface area contributed by atoms with Gasteiger partial charge in [-0.25, -0.2) is 4.68 Å². The average Bonchev–Trinajstić information content (AvgIpc) is 2.94. The van der Waals surface area contributed by atoms with E-state index in [1.54, 1.807) is 18.5 Å². The lowest BCUT2D eigenvalue weighted by atomic mass is 9.92. The number of rotatable bonds is 4. The number of hydrogen-bond donors (Lipinski definition) is 2. The van der Waals surface area contributed by atoms with E-state index in [-0.39, 0.29) is 12.5 Å². The van der Waals surface area contributed by atoms with Gasteiger partial charge in [-0.05, 0) is 48.9 Å². The molecule has 0 aliphatic heterocycles. The van der Waals surface area contributed by atoms with Crippen LogP contribution < -0.4 is 11.1 Å². The van der Waals surface area contributed by atoms with Crippen LogP contribution in [-0.4, -0.2) is 32.7 Å². The van der Waals surface area contributed by atoms with Crippen molar-refractivity contribution in [2.45, 2.75) is 20.8 Å². The van der Waals surface area contributed by atoms with Crippen LogP contribution in [0.3, 0.4) is 0 Å². The van der Waals surface area contributed by atoms with Crippen molar-refractivity contribution in [3.8, 4) is 5.69 Å². The Balaban J connectivity index is 2.27. The number of carbonyl (C=O) groups is 1. The number of nitrogens with two attached hydrogens (primary N) is 1. The van der Waals surface area contributed by atoms with Crippen LogP contribution in [-0.2, 0) is 4.79 Å². The molecule has 0 saturated heterocycles. The van der Waals surface area contributed by atoms with Crippen LogP contribution in [0.2, 0.25) is 0 Å². The first-order valence-corrected chi connectivity index (χ1v) is 6.29. The highest BCUT2D eigenvalue weighted by Crippen LogP contribution is 2.21. The number of carbonyl (C=O) groups excluding carboxylic acids is 1. The second kappa shape index (κ2) is 5.38. The fraction of sp³-hybridized carbons (Fsp3) is 0.385. The van der Waals surface area contributed by atoms with Crippen LogP contribution in [0.15, 0.2) is 24.5 Å². The fourth-order valence-corrected chi connectivity index (χ4v) is 1.60. The van der Waals surface area contributed by atoms with Gasteiger partial charge in [-0.2, -0.15) is 0 Å². The summed E-state index contributed by atoms with van der Waals surface area (Å²) in [5, 5.41) is 13.9. The van der Waals surface area contributed by atoms with Gasteiger partial charge in [-0.1, -0.05) is 6.07 Å². The molecule has 2 aromatic rings. The quantitative estimate of drug-likeness (QED) is 0.862. The van der Waals surface area contributed by atoms with Crippen molar-refractivity contribution in [1.82, 2.24) is 20.2 Å². The molecule has 2 rings (SSSR count). The van der Waals surface area contributed by atoms with Crippen molar-refractivity contribution in [3.05, 3.63) is 30.1 Å². The Morgan fingerprint density at radius 3 is 2.80 bits per heavy atom. The Labute approximate surface area is 117 Å². The molecule has 106 valence electrons. The average molecular weight is 274 g/mol. The molecule has 0 bridgehead atoms. The van der Waals surface area contributed by atoms with E-state index in [1.165, 1.54) is 6.33 Å². The van der Waals surface area contributed by atoms with Crippen molar-refractivity contribution in [1.29, 1.82) is 0 Å². The molecule has 1 aromatic carbocycles. The smallest absolute Gasteiger partial charge is 0.231 e. The molecular weight excluding hydrogens is 256 g/mol. The van der Waals surface area contributed by atoms with E-state index in [1.807, 2.05) is 25.1 Å². The summed E-state index contributed by atoms with van der Waals surface area (Å²) in [5.41, 5.74) is 7.50. The summed E-state index contributed by atoms with van der Waals surface area (Å²) < 4.78 is 1.55. The van der Waals surface area contributed by atoms with Gasteiger partial charge in [0.1, 0.15) is 6.33 Å². The third-order valence-electron chi connectivity index (χ3n) is 3.19. The molecule has 0 saturated carbocycles. The number of benzene rings is 1. The molecule has 0 aliphatic carbocycles. The topological polar surface area (TPSA) is 98.7 Å². The number of amides is 1. The lowest BCUT2D eigenvalue weighted by molar-refractivity contribution is -0.123. The van der Waals surface area contributed by atoms with Gasteiger partial charge in [-0.3, -0.25) is 4.79 Å². The van der Waals surface area contributed by atoms with E-state index in [0.29, 0.717) is 5.69 Å². The van der Waals surface area contributed by atoms with Gasteiger partial charge in [0, 0.05) is 12.2 Å². The molecular formula is C13H18N6O. The first-order chi connectivity index (χ1) is 9.44. The Morgan fingerprint density at radius 1 is 1.45 bits per heavy atom. The lowest BCUT2D eigenvalue weighted by Crippen LogP contribution is -2.37.